The number of hydrogen-bond donors (Lipinski definition) is 2. The van der Waals surface area contributed by atoms with Gasteiger partial charge in [-0.25, -0.2) is 0 Å². The van der Waals surface area contributed by atoms with Gasteiger partial charge in [-0.15, -0.1) is 22.0 Å². The van der Waals surface area contributed by atoms with Crippen LogP contribution in [-0.2, 0) is 17.0 Å². The van der Waals surface area contributed by atoms with Crippen LogP contribution in [0.3, 0.4) is 0 Å². The Morgan fingerprint density at radius 2 is 1.97 bits per heavy atom. The van der Waals surface area contributed by atoms with Crippen LogP contribution in [0, 0.1) is 13.8 Å². The Hall–Kier alpha value is -2.92. The highest BCUT2D eigenvalue weighted by Crippen LogP contribution is 2.19. The number of thioether (sulfide) groups is 1. The molecule has 3 aromatic rings. The first-order valence-electron chi connectivity index (χ1n) is 9.50. The van der Waals surface area contributed by atoms with E-state index in [4.69, 9.17) is 9.26 Å². The van der Waals surface area contributed by atoms with Crippen LogP contribution >= 0.6 is 23.1 Å². The van der Waals surface area contributed by atoms with E-state index in [0.29, 0.717) is 40.9 Å². The Kier molecular flexibility index (Phi) is 8.01. The number of benzene rings is 1. The Labute approximate surface area is 188 Å². The first-order chi connectivity index (χ1) is 15.0. The van der Waals surface area contributed by atoms with E-state index >= 15 is 0 Å². The number of hydrogen-bond acceptors (Lipinski definition) is 9. The standard InChI is InChI=1S/C20H23N5O4S2/c1-12-16(13(2)29-25-12)8-9-21-17(26)10-30-11-18-23-24-20(31-18)19(27)22-14-4-6-15(28-3)7-5-14/h4-7H,8-11H2,1-3H3,(H,21,26)(H,22,27). The van der Waals surface area contributed by atoms with Crippen molar-refractivity contribution in [1.82, 2.24) is 20.7 Å². The molecule has 9 nitrogen and oxygen atoms in total. The van der Waals surface area contributed by atoms with Crippen molar-refractivity contribution in [3.8, 4) is 5.75 Å². The summed E-state index contributed by atoms with van der Waals surface area (Å²) in [6.45, 7) is 4.27. The number of nitrogens with zero attached hydrogens (tertiary/aromatic N) is 3. The van der Waals surface area contributed by atoms with E-state index in [1.807, 2.05) is 13.8 Å². The highest BCUT2D eigenvalue weighted by atomic mass is 32.2. The van der Waals surface area contributed by atoms with Gasteiger partial charge in [-0.3, -0.25) is 9.59 Å². The smallest absolute Gasteiger partial charge is 0.286 e. The average Bonchev–Trinajstić information content (AvgIpc) is 3.36. The zero-order valence-electron chi connectivity index (χ0n) is 17.4. The summed E-state index contributed by atoms with van der Waals surface area (Å²) in [5, 5.41) is 18.5. The van der Waals surface area contributed by atoms with Crippen LogP contribution in [0.2, 0.25) is 0 Å². The van der Waals surface area contributed by atoms with E-state index in [0.717, 1.165) is 17.0 Å². The summed E-state index contributed by atoms with van der Waals surface area (Å²) in [4.78, 5) is 24.3. The van der Waals surface area contributed by atoms with Crippen molar-refractivity contribution in [1.29, 1.82) is 0 Å². The van der Waals surface area contributed by atoms with Gasteiger partial charge < -0.3 is 19.9 Å². The second kappa shape index (κ2) is 10.9. The van der Waals surface area contributed by atoms with E-state index in [-0.39, 0.29) is 16.8 Å². The molecule has 11 heteroatoms. The molecule has 0 saturated carbocycles. The first-order valence-corrected chi connectivity index (χ1v) is 11.5. The third kappa shape index (κ3) is 6.53. The van der Waals surface area contributed by atoms with Crippen LogP contribution in [-0.4, -0.2) is 46.6 Å². The SMILES string of the molecule is COc1ccc(NC(=O)c2nnc(CSCC(=O)NCCc3c(C)noc3C)s2)cc1. The predicted molar refractivity (Wildman–Crippen MR) is 120 cm³/mol. The lowest BCUT2D eigenvalue weighted by Crippen LogP contribution is -2.27. The Morgan fingerprint density at radius 3 is 2.65 bits per heavy atom. The molecule has 2 aromatic heterocycles. The fourth-order valence-corrected chi connectivity index (χ4v) is 4.37. The number of carbonyl (C=O) groups excluding carboxylic acids is 2. The maximum absolute atomic E-state index is 12.3. The van der Waals surface area contributed by atoms with E-state index in [1.165, 1.54) is 23.1 Å². The van der Waals surface area contributed by atoms with E-state index in [9.17, 15) is 9.59 Å². The van der Waals surface area contributed by atoms with Crippen LogP contribution in [0.15, 0.2) is 28.8 Å². The summed E-state index contributed by atoms with van der Waals surface area (Å²) in [6, 6.07) is 7.02. The van der Waals surface area contributed by atoms with Gasteiger partial charge in [0.05, 0.1) is 18.6 Å². The second-order valence-electron chi connectivity index (χ2n) is 6.58. The minimum atomic E-state index is -0.323. The molecule has 164 valence electrons. The molecule has 31 heavy (non-hydrogen) atoms. The zero-order chi connectivity index (χ0) is 22.2. The molecule has 2 N–H and O–H groups in total. The number of ether oxygens (including phenoxy) is 1. The third-order valence-electron chi connectivity index (χ3n) is 4.35. The first kappa shape index (κ1) is 22.8. The molecule has 3 rings (SSSR count). The summed E-state index contributed by atoms with van der Waals surface area (Å²) >= 11 is 2.63. The number of aromatic nitrogens is 3. The van der Waals surface area contributed by atoms with Gasteiger partial charge >= 0.3 is 0 Å². The molecule has 0 unspecified atom stereocenters. The maximum Gasteiger partial charge on any atom is 0.286 e. The van der Waals surface area contributed by atoms with Crippen molar-refractivity contribution in [2.75, 3.05) is 24.7 Å². The predicted octanol–water partition coefficient (Wildman–Crippen LogP) is 3.00. The van der Waals surface area contributed by atoms with Crippen molar-refractivity contribution in [3.63, 3.8) is 0 Å². The quantitative estimate of drug-likeness (QED) is 0.473. The zero-order valence-corrected chi connectivity index (χ0v) is 19.1. The van der Waals surface area contributed by atoms with Crippen LogP contribution in [0.1, 0.15) is 31.8 Å². The van der Waals surface area contributed by atoms with Crippen LogP contribution in [0.25, 0.3) is 0 Å². The number of carbonyl (C=O) groups is 2. The number of anilines is 1. The molecule has 0 atom stereocenters. The molecular weight excluding hydrogens is 438 g/mol. The van der Waals surface area contributed by atoms with Gasteiger partial charge in [0.1, 0.15) is 16.5 Å². The normalized spacial score (nSPS) is 10.7. The van der Waals surface area contributed by atoms with Crippen molar-refractivity contribution < 1.29 is 18.8 Å². The lowest BCUT2D eigenvalue weighted by atomic mass is 10.1. The fraction of sp³-hybridized carbons (Fsp3) is 0.350. The molecule has 2 amide bonds. The van der Waals surface area contributed by atoms with Gasteiger partial charge in [0.2, 0.25) is 10.9 Å². The molecule has 0 radical (unpaired) electrons. The molecule has 0 spiro atoms. The van der Waals surface area contributed by atoms with E-state index in [1.54, 1.807) is 31.4 Å². The van der Waals surface area contributed by atoms with Crippen molar-refractivity contribution in [3.05, 3.63) is 51.3 Å². The number of aryl methyl sites for hydroxylation is 2. The van der Waals surface area contributed by atoms with Crippen molar-refractivity contribution in [2.24, 2.45) is 0 Å². The largest absolute Gasteiger partial charge is 0.497 e. The highest BCUT2D eigenvalue weighted by Gasteiger charge is 2.14. The van der Waals surface area contributed by atoms with Gasteiger partial charge in [0.15, 0.2) is 0 Å². The highest BCUT2D eigenvalue weighted by molar-refractivity contribution is 7.99. The lowest BCUT2D eigenvalue weighted by molar-refractivity contribution is -0.118. The van der Waals surface area contributed by atoms with E-state index < -0.39 is 0 Å². The molecule has 2 heterocycles. The molecule has 0 fully saturated rings. The average molecular weight is 462 g/mol. The fourth-order valence-electron chi connectivity index (χ4n) is 2.73. The number of nitrogens with one attached hydrogen (secondary N) is 2. The van der Waals surface area contributed by atoms with Gasteiger partial charge in [-0.05, 0) is 44.5 Å². The summed E-state index contributed by atoms with van der Waals surface area (Å²) in [5.41, 5.74) is 2.52. The monoisotopic (exact) mass is 461 g/mol. The third-order valence-corrected chi connectivity index (χ3v) is 6.39. The summed E-state index contributed by atoms with van der Waals surface area (Å²) in [7, 11) is 1.58. The molecule has 0 aliphatic carbocycles. The second-order valence-corrected chi connectivity index (χ2v) is 8.63. The molecule has 0 aliphatic rings. The van der Waals surface area contributed by atoms with E-state index in [2.05, 4.69) is 26.0 Å². The van der Waals surface area contributed by atoms with Crippen molar-refractivity contribution >= 4 is 40.6 Å². The Bertz CT molecular complexity index is 1010. The molecule has 0 aliphatic heterocycles. The Morgan fingerprint density at radius 1 is 1.19 bits per heavy atom. The number of amides is 2. The minimum absolute atomic E-state index is 0.0567. The van der Waals surface area contributed by atoms with Crippen molar-refractivity contribution in [2.45, 2.75) is 26.0 Å². The minimum Gasteiger partial charge on any atom is -0.497 e. The molecule has 0 saturated heterocycles. The van der Waals surface area contributed by atoms with Crippen LogP contribution in [0.5, 0.6) is 5.75 Å². The Balaban J connectivity index is 1.38. The maximum atomic E-state index is 12.3. The topological polar surface area (TPSA) is 119 Å². The van der Waals surface area contributed by atoms with Crippen LogP contribution < -0.4 is 15.4 Å². The van der Waals surface area contributed by atoms with Gasteiger partial charge in [-0.2, -0.15) is 0 Å². The molecule has 1 aromatic carbocycles. The van der Waals surface area contributed by atoms with Gasteiger partial charge in [0, 0.05) is 23.5 Å². The van der Waals surface area contributed by atoms with Crippen LogP contribution in [0.4, 0.5) is 5.69 Å². The van der Waals surface area contributed by atoms with Gasteiger partial charge in [0.25, 0.3) is 5.91 Å². The lowest BCUT2D eigenvalue weighted by Gasteiger charge is -2.04. The molecule has 0 bridgehead atoms. The molecular formula is C20H23N5O4S2. The number of methoxy groups -OCH3 is 1. The number of rotatable bonds is 10. The summed E-state index contributed by atoms with van der Waals surface area (Å²) in [5.74, 6) is 1.92. The van der Waals surface area contributed by atoms with Gasteiger partial charge in [-0.1, -0.05) is 16.5 Å². The summed E-state index contributed by atoms with van der Waals surface area (Å²) < 4.78 is 10.2. The summed E-state index contributed by atoms with van der Waals surface area (Å²) in [6.07, 6.45) is 0.681.